The van der Waals surface area contributed by atoms with E-state index in [4.69, 9.17) is 5.73 Å². The summed E-state index contributed by atoms with van der Waals surface area (Å²) in [6, 6.07) is 6.34. The predicted molar refractivity (Wildman–Crippen MR) is 77.5 cm³/mol. The third-order valence-corrected chi connectivity index (χ3v) is 4.27. The maximum absolute atomic E-state index is 12.6. The Kier molecular flexibility index (Phi) is 3.44. The minimum Gasteiger partial charge on any atom is -0.339 e. The van der Waals surface area contributed by atoms with Crippen molar-refractivity contribution in [2.24, 2.45) is 5.73 Å². The molecule has 0 aromatic carbocycles. The molecule has 0 spiro atoms. The van der Waals surface area contributed by atoms with Gasteiger partial charge < -0.3 is 10.6 Å². The smallest absolute Gasteiger partial charge is 0.257 e. The first-order valence-electron chi connectivity index (χ1n) is 7.12. The molecule has 3 rings (SSSR count). The van der Waals surface area contributed by atoms with Crippen LogP contribution in [0.25, 0.3) is 5.52 Å². The van der Waals surface area contributed by atoms with Crippen molar-refractivity contribution in [2.45, 2.75) is 37.8 Å². The molecule has 106 valence electrons. The molecule has 1 aliphatic rings. The Morgan fingerprint density at radius 2 is 2.10 bits per heavy atom. The molecule has 2 aromatic heterocycles. The molecule has 1 saturated carbocycles. The second-order valence-electron chi connectivity index (χ2n) is 5.57. The van der Waals surface area contributed by atoms with Crippen molar-refractivity contribution in [3.05, 3.63) is 36.2 Å². The van der Waals surface area contributed by atoms with Crippen molar-refractivity contribution < 1.29 is 4.79 Å². The Morgan fingerprint density at radius 3 is 2.85 bits per heavy atom. The molecule has 1 amide bonds. The Bertz CT molecular complexity index is 613. The minimum atomic E-state index is 0.0478. The Balaban J connectivity index is 1.81. The highest BCUT2D eigenvalue weighted by Crippen LogP contribution is 2.23. The van der Waals surface area contributed by atoms with E-state index in [-0.39, 0.29) is 5.91 Å². The molecule has 0 saturated heterocycles. The molecule has 0 radical (unpaired) electrons. The summed E-state index contributed by atoms with van der Waals surface area (Å²) in [7, 11) is 1.89. The monoisotopic (exact) mass is 272 g/mol. The van der Waals surface area contributed by atoms with Crippen molar-refractivity contribution >= 4 is 11.4 Å². The number of pyridine rings is 1. The standard InChI is InChI=1S/C15H20N4O/c1-18(12-7-5-11(16)6-8-12)15(20)13-10-17-19-9-3-2-4-14(13)19/h2-4,9-12H,5-8,16H2,1H3. The first kappa shape index (κ1) is 13.1. The molecule has 5 heteroatoms. The maximum Gasteiger partial charge on any atom is 0.257 e. The fourth-order valence-electron chi connectivity index (χ4n) is 2.94. The van der Waals surface area contributed by atoms with Gasteiger partial charge in [-0.15, -0.1) is 0 Å². The fraction of sp³-hybridized carbons (Fsp3) is 0.467. The molecular weight excluding hydrogens is 252 g/mol. The number of carbonyl (C=O) groups excluding carboxylic acids is 1. The van der Waals surface area contributed by atoms with Gasteiger partial charge in [0.25, 0.3) is 5.91 Å². The number of carbonyl (C=O) groups is 1. The van der Waals surface area contributed by atoms with Crippen LogP contribution in [0.5, 0.6) is 0 Å². The number of amides is 1. The Hall–Kier alpha value is -1.88. The van der Waals surface area contributed by atoms with E-state index in [0.717, 1.165) is 31.2 Å². The quantitative estimate of drug-likeness (QED) is 0.904. The summed E-state index contributed by atoms with van der Waals surface area (Å²) in [5, 5.41) is 4.23. The topological polar surface area (TPSA) is 63.6 Å². The number of nitrogens with two attached hydrogens (primary N) is 1. The fourth-order valence-corrected chi connectivity index (χ4v) is 2.94. The lowest BCUT2D eigenvalue weighted by atomic mass is 9.91. The zero-order valence-electron chi connectivity index (χ0n) is 11.7. The van der Waals surface area contributed by atoms with Crippen LogP contribution in [0.3, 0.4) is 0 Å². The summed E-state index contributed by atoms with van der Waals surface area (Å²) in [6.07, 6.45) is 7.48. The minimum absolute atomic E-state index is 0.0478. The Labute approximate surface area is 118 Å². The number of rotatable bonds is 2. The summed E-state index contributed by atoms with van der Waals surface area (Å²) in [5.41, 5.74) is 7.45. The Morgan fingerprint density at radius 1 is 1.35 bits per heavy atom. The lowest BCUT2D eigenvalue weighted by molar-refractivity contribution is 0.0692. The van der Waals surface area contributed by atoms with E-state index >= 15 is 0 Å². The van der Waals surface area contributed by atoms with Gasteiger partial charge in [-0.1, -0.05) is 6.07 Å². The number of nitrogens with zero attached hydrogens (tertiary/aromatic N) is 3. The molecule has 2 N–H and O–H groups in total. The molecule has 2 aromatic rings. The second kappa shape index (κ2) is 5.25. The maximum atomic E-state index is 12.6. The molecular formula is C15H20N4O. The van der Waals surface area contributed by atoms with Crippen LogP contribution in [0.4, 0.5) is 0 Å². The van der Waals surface area contributed by atoms with Crippen molar-refractivity contribution in [1.82, 2.24) is 14.5 Å². The number of hydrogen-bond acceptors (Lipinski definition) is 3. The second-order valence-corrected chi connectivity index (χ2v) is 5.57. The normalized spacial score (nSPS) is 22.9. The summed E-state index contributed by atoms with van der Waals surface area (Å²) >= 11 is 0. The van der Waals surface area contributed by atoms with Gasteiger partial charge in [0, 0.05) is 25.3 Å². The number of aromatic nitrogens is 2. The highest BCUT2D eigenvalue weighted by molar-refractivity contribution is 6.00. The van der Waals surface area contributed by atoms with Crippen LogP contribution in [-0.2, 0) is 0 Å². The van der Waals surface area contributed by atoms with Crippen LogP contribution in [0, 0.1) is 0 Å². The highest BCUT2D eigenvalue weighted by atomic mass is 16.2. The van der Waals surface area contributed by atoms with E-state index in [1.165, 1.54) is 0 Å². The number of fused-ring (bicyclic) bond motifs is 1. The SMILES string of the molecule is CN(C(=O)c1cnn2ccccc12)C1CCC(N)CC1. The van der Waals surface area contributed by atoms with Crippen LogP contribution in [0.15, 0.2) is 30.6 Å². The van der Waals surface area contributed by atoms with Gasteiger partial charge >= 0.3 is 0 Å². The van der Waals surface area contributed by atoms with Crippen LogP contribution >= 0.6 is 0 Å². The zero-order chi connectivity index (χ0) is 14.1. The number of hydrogen-bond donors (Lipinski definition) is 1. The lowest BCUT2D eigenvalue weighted by Crippen LogP contribution is -2.41. The van der Waals surface area contributed by atoms with Gasteiger partial charge in [0.15, 0.2) is 0 Å². The van der Waals surface area contributed by atoms with Crippen LogP contribution in [0.2, 0.25) is 0 Å². The van der Waals surface area contributed by atoms with Crippen LogP contribution in [0.1, 0.15) is 36.0 Å². The molecule has 5 nitrogen and oxygen atoms in total. The first-order chi connectivity index (χ1) is 9.66. The lowest BCUT2D eigenvalue weighted by Gasteiger charge is -2.33. The molecule has 0 aliphatic heterocycles. The van der Waals surface area contributed by atoms with Crippen LogP contribution in [-0.4, -0.2) is 39.6 Å². The van der Waals surface area contributed by atoms with Gasteiger partial charge in [0.1, 0.15) is 0 Å². The van der Waals surface area contributed by atoms with Gasteiger partial charge in [-0.25, -0.2) is 4.52 Å². The van der Waals surface area contributed by atoms with Gasteiger partial charge in [-0.2, -0.15) is 5.10 Å². The van der Waals surface area contributed by atoms with Crippen molar-refractivity contribution in [3.8, 4) is 0 Å². The summed E-state index contributed by atoms with van der Waals surface area (Å²) in [6.45, 7) is 0. The van der Waals surface area contributed by atoms with E-state index < -0.39 is 0 Å². The highest BCUT2D eigenvalue weighted by Gasteiger charge is 2.26. The van der Waals surface area contributed by atoms with E-state index in [0.29, 0.717) is 17.6 Å². The van der Waals surface area contributed by atoms with E-state index in [1.54, 1.807) is 10.7 Å². The van der Waals surface area contributed by atoms with Crippen molar-refractivity contribution in [3.63, 3.8) is 0 Å². The molecule has 0 bridgehead atoms. The zero-order valence-corrected chi connectivity index (χ0v) is 11.7. The molecule has 2 heterocycles. The molecule has 1 aliphatic carbocycles. The first-order valence-corrected chi connectivity index (χ1v) is 7.12. The van der Waals surface area contributed by atoms with E-state index in [2.05, 4.69) is 5.10 Å². The third-order valence-electron chi connectivity index (χ3n) is 4.27. The average molecular weight is 272 g/mol. The average Bonchev–Trinajstić information content (AvgIpc) is 2.90. The van der Waals surface area contributed by atoms with Gasteiger partial charge in [-0.05, 0) is 37.8 Å². The van der Waals surface area contributed by atoms with Crippen molar-refractivity contribution in [2.75, 3.05) is 7.05 Å². The molecule has 0 atom stereocenters. The van der Waals surface area contributed by atoms with E-state index in [1.807, 2.05) is 36.3 Å². The largest absolute Gasteiger partial charge is 0.339 e. The summed E-state index contributed by atoms with van der Waals surface area (Å²) in [4.78, 5) is 14.5. The van der Waals surface area contributed by atoms with Gasteiger partial charge in [0.2, 0.25) is 0 Å². The predicted octanol–water partition coefficient (Wildman–Crippen LogP) is 1.68. The third kappa shape index (κ3) is 2.29. The van der Waals surface area contributed by atoms with E-state index in [9.17, 15) is 4.79 Å². The van der Waals surface area contributed by atoms with Gasteiger partial charge in [0.05, 0.1) is 17.3 Å². The molecule has 0 unspecified atom stereocenters. The molecule has 20 heavy (non-hydrogen) atoms. The summed E-state index contributed by atoms with van der Waals surface area (Å²) in [5.74, 6) is 0.0478. The molecule has 1 fully saturated rings. The van der Waals surface area contributed by atoms with Gasteiger partial charge in [-0.3, -0.25) is 4.79 Å². The van der Waals surface area contributed by atoms with Crippen LogP contribution < -0.4 is 5.73 Å². The van der Waals surface area contributed by atoms with Crippen molar-refractivity contribution in [1.29, 1.82) is 0 Å². The summed E-state index contributed by atoms with van der Waals surface area (Å²) < 4.78 is 1.73.